The van der Waals surface area contributed by atoms with Gasteiger partial charge in [0.15, 0.2) is 5.78 Å². The lowest BCUT2D eigenvalue weighted by Gasteiger charge is -2.34. The highest BCUT2D eigenvalue weighted by atomic mass is 16.1. The van der Waals surface area contributed by atoms with Gasteiger partial charge in [-0.15, -0.1) is 0 Å². The molecule has 0 aromatic heterocycles. The summed E-state index contributed by atoms with van der Waals surface area (Å²) < 4.78 is 0. The van der Waals surface area contributed by atoms with Crippen molar-refractivity contribution >= 4 is 16.9 Å². The van der Waals surface area contributed by atoms with Crippen LogP contribution in [0, 0.1) is 11.3 Å². The number of fused-ring (bicyclic) bond motifs is 3. The predicted molar refractivity (Wildman–Crippen MR) is 111 cm³/mol. The summed E-state index contributed by atoms with van der Waals surface area (Å²) in [6, 6.07) is 14.4. The molecule has 3 nitrogen and oxygen atoms in total. The van der Waals surface area contributed by atoms with E-state index in [0.717, 1.165) is 59.3 Å². The van der Waals surface area contributed by atoms with Gasteiger partial charge in [-0.1, -0.05) is 38.1 Å². The fourth-order valence-corrected chi connectivity index (χ4v) is 4.95. The third-order valence-electron chi connectivity index (χ3n) is 6.53. The molecule has 0 saturated carbocycles. The number of hydrogen-bond donors (Lipinski definition) is 1. The Kier molecular flexibility index (Phi) is 3.69. The molecule has 28 heavy (non-hydrogen) atoms. The Bertz CT molecular complexity index is 1140. The van der Waals surface area contributed by atoms with E-state index in [-0.39, 0.29) is 11.2 Å². The molecule has 0 unspecified atom stereocenters. The van der Waals surface area contributed by atoms with Gasteiger partial charge in [-0.25, -0.2) is 0 Å². The molecule has 2 aromatic carbocycles. The summed E-state index contributed by atoms with van der Waals surface area (Å²) in [5.74, 6) is 0.129. The summed E-state index contributed by atoms with van der Waals surface area (Å²) in [7, 11) is 0. The maximum Gasteiger partial charge on any atom is 0.193 e. The summed E-state index contributed by atoms with van der Waals surface area (Å²) in [5, 5.41) is 12.6. The first-order chi connectivity index (χ1) is 13.5. The first-order valence-electron chi connectivity index (χ1n) is 9.87. The van der Waals surface area contributed by atoms with Crippen LogP contribution in [0.2, 0.25) is 0 Å². The number of benzene rings is 2. The molecule has 3 heteroatoms. The van der Waals surface area contributed by atoms with Crippen molar-refractivity contribution in [3.8, 4) is 6.07 Å². The van der Waals surface area contributed by atoms with Gasteiger partial charge >= 0.3 is 0 Å². The maximum absolute atomic E-state index is 13.6. The van der Waals surface area contributed by atoms with E-state index >= 15 is 0 Å². The minimum atomic E-state index is -0.203. The quantitative estimate of drug-likeness (QED) is 0.813. The van der Waals surface area contributed by atoms with E-state index in [1.807, 2.05) is 18.2 Å². The molecule has 1 heterocycles. The Morgan fingerprint density at radius 3 is 2.71 bits per heavy atom. The van der Waals surface area contributed by atoms with Gasteiger partial charge in [0.2, 0.25) is 0 Å². The molecule has 138 valence electrons. The Hall–Kier alpha value is -2.96. The predicted octanol–water partition coefficient (Wildman–Crippen LogP) is 4.42. The number of carbonyl (C=O) groups is 1. The number of nitrogens with zero attached hydrogens (tertiary/aromatic N) is 1. The second kappa shape index (κ2) is 6.02. The van der Waals surface area contributed by atoms with Gasteiger partial charge in [-0.05, 0) is 71.0 Å². The molecule has 0 fully saturated rings. The van der Waals surface area contributed by atoms with E-state index in [0.29, 0.717) is 5.56 Å². The SMILES string of the molecule is CC1(C)C2=C(C(=O)c3cc(C4=CCNCC4)ccc31)c1ccc(C#N)cc1C2. The number of ketones is 1. The number of nitrogens with one attached hydrogen (secondary N) is 1. The summed E-state index contributed by atoms with van der Waals surface area (Å²) in [6.07, 6.45) is 3.96. The van der Waals surface area contributed by atoms with Crippen LogP contribution < -0.4 is 5.32 Å². The van der Waals surface area contributed by atoms with Crippen molar-refractivity contribution in [3.05, 3.63) is 81.4 Å². The normalized spacial score (nSPS) is 19.5. The van der Waals surface area contributed by atoms with Crippen LogP contribution in [0.4, 0.5) is 0 Å². The minimum absolute atomic E-state index is 0.129. The van der Waals surface area contributed by atoms with E-state index in [1.165, 1.54) is 11.1 Å². The lowest BCUT2D eigenvalue weighted by Crippen LogP contribution is -2.30. The molecular weight excluding hydrogens is 344 g/mol. The average Bonchev–Trinajstić information content (AvgIpc) is 3.12. The number of hydrogen-bond acceptors (Lipinski definition) is 3. The molecule has 0 spiro atoms. The van der Waals surface area contributed by atoms with E-state index in [4.69, 9.17) is 0 Å². The average molecular weight is 366 g/mol. The monoisotopic (exact) mass is 366 g/mol. The summed E-state index contributed by atoms with van der Waals surface area (Å²) in [6.45, 7) is 6.30. The van der Waals surface area contributed by atoms with Crippen molar-refractivity contribution < 1.29 is 4.79 Å². The number of Topliss-reactive ketones (excluding diaryl/α,β-unsaturated/α-hetero) is 1. The highest BCUT2D eigenvalue weighted by Gasteiger charge is 2.42. The fourth-order valence-electron chi connectivity index (χ4n) is 4.95. The molecule has 1 aliphatic heterocycles. The smallest absolute Gasteiger partial charge is 0.193 e. The third-order valence-corrected chi connectivity index (χ3v) is 6.53. The molecule has 2 aliphatic carbocycles. The number of allylic oxidation sites excluding steroid dienone is 2. The molecule has 0 saturated heterocycles. The second-order valence-electron chi connectivity index (χ2n) is 8.41. The van der Waals surface area contributed by atoms with Crippen LogP contribution in [-0.2, 0) is 11.8 Å². The molecule has 0 bridgehead atoms. The van der Waals surface area contributed by atoms with Gasteiger partial charge in [0.05, 0.1) is 11.6 Å². The topological polar surface area (TPSA) is 52.9 Å². The maximum atomic E-state index is 13.6. The lowest BCUT2D eigenvalue weighted by molar-refractivity contribution is 0.105. The Morgan fingerprint density at radius 2 is 1.96 bits per heavy atom. The standard InChI is InChI=1S/C25H22N2O/c1-25(2)21-6-4-17(16-7-9-27-10-8-16)12-20(21)24(28)23-19-5-3-15(14-26)11-18(19)13-22(23)25/h3-7,11-12,27H,8-10,13H2,1-2H3. The van der Waals surface area contributed by atoms with E-state index < -0.39 is 0 Å². The van der Waals surface area contributed by atoms with Crippen LogP contribution in [0.1, 0.15) is 58.4 Å². The van der Waals surface area contributed by atoms with Gasteiger partial charge in [0.25, 0.3) is 0 Å². The van der Waals surface area contributed by atoms with Gasteiger partial charge in [0.1, 0.15) is 0 Å². The first kappa shape index (κ1) is 17.2. The zero-order chi connectivity index (χ0) is 19.5. The largest absolute Gasteiger partial charge is 0.313 e. The highest BCUT2D eigenvalue weighted by Crippen LogP contribution is 2.50. The minimum Gasteiger partial charge on any atom is -0.313 e. The van der Waals surface area contributed by atoms with Crippen LogP contribution >= 0.6 is 0 Å². The van der Waals surface area contributed by atoms with E-state index in [9.17, 15) is 10.1 Å². The first-order valence-corrected chi connectivity index (χ1v) is 9.87. The molecule has 3 aliphatic rings. The van der Waals surface area contributed by atoms with Crippen LogP contribution in [0.25, 0.3) is 11.1 Å². The molecule has 0 amide bonds. The Balaban J connectivity index is 1.66. The summed E-state index contributed by atoms with van der Waals surface area (Å²) in [5.41, 5.74) is 9.01. The van der Waals surface area contributed by atoms with Crippen molar-refractivity contribution in [3.63, 3.8) is 0 Å². The van der Waals surface area contributed by atoms with Gasteiger partial charge in [-0.2, -0.15) is 5.26 Å². The van der Waals surface area contributed by atoms with Crippen molar-refractivity contribution in [1.29, 1.82) is 5.26 Å². The zero-order valence-electron chi connectivity index (χ0n) is 16.2. The van der Waals surface area contributed by atoms with Gasteiger partial charge < -0.3 is 5.32 Å². The number of rotatable bonds is 1. The Labute approximate surface area is 165 Å². The summed E-state index contributed by atoms with van der Waals surface area (Å²) >= 11 is 0. The molecule has 1 N–H and O–H groups in total. The van der Waals surface area contributed by atoms with Crippen LogP contribution in [0.5, 0.6) is 0 Å². The highest BCUT2D eigenvalue weighted by molar-refractivity contribution is 6.33. The summed E-state index contributed by atoms with van der Waals surface area (Å²) in [4.78, 5) is 13.6. The third kappa shape index (κ3) is 2.35. The molecule has 0 radical (unpaired) electrons. The van der Waals surface area contributed by atoms with Crippen molar-refractivity contribution in [2.45, 2.75) is 32.1 Å². The second-order valence-corrected chi connectivity index (χ2v) is 8.41. The van der Waals surface area contributed by atoms with Crippen LogP contribution in [-0.4, -0.2) is 18.9 Å². The van der Waals surface area contributed by atoms with Crippen LogP contribution in [0.15, 0.2) is 48.0 Å². The lowest BCUT2D eigenvalue weighted by atomic mass is 9.68. The number of nitriles is 1. The molecule has 2 aromatic rings. The number of carbonyl (C=O) groups excluding carboxylic acids is 1. The van der Waals surface area contributed by atoms with Crippen LogP contribution in [0.3, 0.4) is 0 Å². The molecule has 5 rings (SSSR count). The molecular formula is C25H22N2O. The van der Waals surface area contributed by atoms with E-state index in [2.05, 4.69) is 49.5 Å². The van der Waals surface area contributed by atoms with Crippen molar-refractivity contribution in [1.82, 2.24) is 5.32 Å². The van der Waals surface area contributed by atoms with Gasteiger partial charge in [0, 0.05) is 23.1 Å². The molecule has 0 atom stereocenters. The zero-order valence-corrected chi connectivity index (χ0v) is 16.2. The van der Waals surface area contributed by atoms with Gasteiger partial charge in [-0.3, -0.25) is 4.79 Å². The van der Waals surface area contributed by atoms with Crippen molar-refractivity contribution in [2.24, 2.45) is 0 Å². The fraction of sp³-hybridized carbons (Fsp3) is 0.280. The Morgan fingerprint density at radius 1 is 1.11 bits per heavy atom. The van der Waals surface area contributed by atoms with E-state index in [1.54, 1.807) is 0 Å². The van der Waals surface area contributed by atoms with Crippen molar-refractivity contribution in [2.75, 3.05) is 13.1 Å².